The molecule has 2 atom stereocenters. The minimum atomic E-state index is -0.0415. The van der Waals surface area contributed by atoms with Crippen molar-refractivity contribution in [2.75, 3.05) is 0 Å². The van der Waals surface area contributed by atoms with E-state index in [4.69, 9.17) is 10.2 Å². The molecule has 1 heterocycles. The first-order valence-electron chi connectivity index (χ1n) is 6.81. The van der Waals surface area contributed by atoms with Gasteiger partial charge in [0.25, 0.3) is 5.91 Å². The van der Waals surface area contributed by atoms with Crippen LogP contribution in [0.25, 0.3) is 0 Å². The molecule has 19 heavy (non-hydrogen) atoms. The molecule has 1 aromatic rings. The predicted octanol–water partition coefficient (Wildman–Crippen LogP) is 2.86. The van der Waals surface area contributed by atoms with Gasteiger partial charge in [-0.05, 0) is 24.8 Å². The van der Waals surface area contributed by atoms with Crippen molar-refractivity contribution in [2.24, 2.45) is 11.7 Å². The third kappa shape index (κ3) is 4.25. The number of halogens is 1. The first kappa shape index (κ1) is 16.1. The molecule has 0 saturated heterocycles. The van der Waals surface area contributed by atoms with Gasteiger partial charge in [-0.25, -0.2) is 0 Å². The molecule has 108 valence electrons. The summed E-state index contributed by atoms with van der Waals surface area (Å²) in [4.78, 5) is 12.0. The molecule has 1 aliphatic carbocycles. The van der Waals surface area contributed by atoms with E-state index in [2.05, 4.69) is 12.2 Å². The van der Waals surface area contributed by atoms with Crippen LogP contribution in [0.15, 0.2) is 16.7 Å². The third-order valence-electron chi connectivity index (χ3n) is 3.81. The van der Waals surface area contributed by atoms with E-state index in [1.807, 2.05) is 0 Å². The Bertz CT molecular complexity index is 406. The molecule has 0 bridgehead atoms. The lowest BCUT2D eigenvalue weighted by Crippen LogP contribution is -2.38. The average Bonchev–Trinajstić information content (AvgIpc) is 2.88. The van der Waals surface area contributed by atoms with Gasteiger partial charge in [-0.2, -0.15) is 0 Å². The standard InChI is InChI=1S/C14H22N2O2.ClH/c1-2-10-4-3-5-12(6-10)16-14(17)11-7-13(8-15)18-9-11;/h7,9-10,12H,2-6,8,15H2,1H3,(H,16,17);1H. The molecule has 4 nitrogen and oxygen atoms in total. The molecule has 1 fully saturated rings. The van der Waals surface area contributed by atoms with Gasteiger partial charge in [0, 0.05) is 6.04 Å². The van der Waals surface area contributed by atoms with E-state index in [-0.39, 0.29) is 18.3 Å². The van der Waals surface area contributed by atoms with E-state index in [9.17, 15) is 4.79 Å². The van der Waals surface area contributed by atoms with Crippen LogP contribution in [0.5, 0.6) is 0 Å². The Morgan fingerprint density at radius 1 is 1.53 bits per heavy atom. The van der Waals surface area contributed by atoms with E-state index < -0.39 is 0 Å². The van der Waals surface area contributed by atoms with E-state index in [1.54, 1.807) is 6.07 Å². The number of rotatable bonds is 4. The Morgan fingerprint density at radius 2 is 2.32 bits per heavy atom. The fourth-order valence-electron chi connectivity index (χ4n) is 2.67. The molecule has 1 amide bonds. The van der Waals surface area contributed by atoms with Gasteiger partial charge in [-0.1, -0.05) is 26.2 Å². The summed E-state index contributed by atoms with van der Waals surface area (Å²) in [6.45, 7) is 2.55. The topological polar surface area (TPSA) is 68.3 Å². The van der Waals surface area contributed by atoms with Crippen LogP contribution in [0.3, 0.4) is 0 Å². The number of nitrogens with one attached hydrogen (secondary N) is 1. The van der Waals surface area contributed by atoms with Crippen LogP contribution < -0.4 is 11.1 Å². The lowest BCUT2D eigenvalue weighted by Gasteiger charge is -2.28. The average molecular weight is 287 g/mol. The monoisotopic (exact) mass is 286 g/mol. The molecule has 0 aliphatic heterocycles. The normalized spacial score (nSPS) is 22.6. The number of carbonyl (C=O) groups is 1. The zero-order chi connectivity index (χ0) is 13.0. The smallest absolute Gasteiger partial charge is 0.254 e. The molecule has 3 N–H and O–H groups in total. The van der Waals surface area contributed by atoms with Crippen LogP contribution in [0.2, 0.25) is 0 Å². The number of furan rings is 1. The minimum absolute atomic E-state index is 0. The first-order valence-corrected chi connectivity index (χ1v) is 6.81. The number of amides is 1. The van der Waals surface area contributed by atoms with Crippen LogP contribution in [0, 0.1) is 5.92 Å². The molecule has 0 spiro atoms. The van der Waals surface area contributed by atoms with Crippen molar-refractivity contribution in [1.82, 2.24) is 5.32 Å². The summed E-state index contributed by atoms with van der Waals surface area (Å²) < 4.78 is 5.18. The first-order chi connectivity index (χ1) is 8.72. The van der Waals surface area contributed by atoms with Crippen LogP contribution in [0.1, 0.15) is 55.1 Å². The second-order valence-electron chi connectivity index (χ2n) is 5.12. The Labute approximate surface area is 120 Å². The molecule has 1 saturated carbocycles. The van der Waals surface area contributed by atoms with Crippen molar-refractivity contribution < 1.29 is 9.21 Å². The van der Waals surface area contributed by atoms with Crippen LogP contribution in [-0.4, -0.2) is 11.9 Å². The van der Waals surface area contributed by atoms with Gasteiger partial charge in [0.15, 0.2) is 0 Å². The Kier molecular flexibility index (Phi) is 6.38. The van der Waals surface area contributed by atoms with Crippen molar-refractivity contribution in [3.05, 3.63) is 23.7 Å². The van der Waals surface area contributed by atoms with Gasteiger partial charge in [-0.15, -0.1) is 12.4 Å². The fourth-order valence-corrected chi connectivity index (χ4v) is 2.67. The number of nitrogens with two attached hydrogens (primary N) is 1. The second kappa shape index (κ2) is 7.56. The zero-order valence-electron chi connectivity index (χ0n) is 11.4. The molecule has 0 radical (unpaired) electrons. The van der Waals surface area contributed by atoms with Crippen molar-refractivity contribution in [3.63, 3.8) is 0 Å². The highest BCUT2D eigenvalue weighted by Crippen LogP contribution is 2.26. The molecular weight excluding hydrogens is 264 g/mol. The summed E-state index contributed by atoms with van der Waals surface area (Å²) in [5.41, 5.74) is 6.04. The molecule has 1 aromatic heterocycles. The maximum absolute atomic E-state index is 12.0. The highest BCUT2D eigenvalue weighted by Gasteiger charge is 2.22. The van der Waals surface area contributed by atoms with Gasteiger partial charge in [0.1, 0.15) is 12.0 Å². The predicted molar refractivity (Wildman–Crippen MR) is 77.4 cm³/mol. The van der Waals surface area contributed by atoms with E-state index in [0.29, 0.717) is 23.9 Å². The van der Waals surface area contributed by atoms with Crippen LogP contribution >= 0.6 is 12.4 Å². The maximum atomic E-state index is 12.0. The van der Waals surface area contributed by atoms with Crippen molar-refractivity contribution >= 4 is 18.3 Å². The largest absolute Gasteiger partial charge is 0.467 e. The van der Waals surface area contributed by atoms with Crippen molar-refractivity contribution in [3.8, 4) is 0 Å². The highest BCUT2D eigenvalue weighted by molar-refractivity contribution is 5.94. The fraction of sp³-hybridized carbons (Fsp3) is 0.643. The SMILES string of the molecule is CCC1CCCC(NC(=O)c2coc(CN)c2)C1.Cl. The molecule has 2 rings (SSSR count). The number of carbonyl (C=O) groups excluding carboxylic acids is 1. The van der Waals surface area contributed by atoms with Crippen molar-refractivity contribution in [2.45, 2.75) is 51.6 Å². The quantitative estimate of drug-likeness (QED) is 0.894. The second-order valence-corrected chi connectivity index (χ2v) is 5.12. The highest BCUT2D eigenvalue weighted by atomic mass is 35.5. The van der Waals surface area contributed by atoms with Gasteiger partial charge >= 0.3 is 0 Å². The molecular formula is C14H23ClN2O2. The van der Waals surface area contributed by atoms with E-state index in [1.165, 1.54) is 25.5 Å². The van der Waals surface area contributed by atoms with Crippen molar-refractivity contribution in [1.29, 1.82) is 0 Å². The zero-order valence-corrected chi connectivity index (χ0v) is 12.2. The van der Waals surface area contributed by atoms with Crippen LogP contribution in [-0.2, 0) is 6.54 Å². The summed E-state index contributed by atoms with van der Waals surface area (Å²) in [5, 5.41) is 3.10. The molecule has 0 aromatic carbocycles. The lowest BCUT2D eigenvalue weighted by atomic mass is 9.84. The summed E-state index contributed by atoms with van der Waals surface area (Å²) in [6, 6.07) is 2.03. The maximum Gasteiger partial charge on any atom is 0.254 e. The van der Waals surface area contributed by atoms with Gasteiger partial charge in [-0.3, -0.25) is 4.79 Å². The summed E-state index contributed by atoms with van der Waals surface area (Å²) in [5.74, 6) is 1.36. The molecule has 1 aliphatic rings. The van der Waals surface area contributed by atoms with Gasteiger partial charge in [0.05, 0.1) is 12.1 Å². The van der Waals surface area contributed by atoms with Gasteiger partial charge < -0.3 is 15.5 Å². The molecule has 5 heteroatoms. The van der Waals surface area contributed by atoms with E-state index in [0.717, 1.165) is 18.8 Å². The summed E-state index contributed by atoms with van der Waals surface area (Å²) in [6.07, 6.45) is 7.38. The Morgan fingerprint density at radius 3 is 2.95 bits per heavy atom. The summed E-state index contributed by atoms with van der Waals surface area (Å²) in [7, 11) is 0. The Hall–Kier alpha value is -1.00. The lowest BCUT2D eigenvalue weighted by molar-refractivity contribution is 0.0918. The minimum Gasteiger partial charge on any atom is -0.467 e. The third-order valence-corrected chi connectivity index (χ3v) is 3.81. The van der Waals surface area contributed by atoms with E-state index >= 15 is 0 Å². The molecule has 2 unspecified atom stereocenters. The van der Waals surface area contributed by atoms with Crippen LogP contribution in [0.4, 0.5) is 0 Å². The number of hydrogen-bond donors (Lipinski definition) is 2. The summed E-state index contributed by atoms with van der Waals surface area (Å²) >= 11 is 0. The Balaban J connectivity index is 0.00000180. The van der Waals surface area contributed by atoms with Gasteiger partial charge in [0.2, 0.25) is 0 Å². The number of hydrogen-bond acceptors (Lipinski definition) is 3.